The van der Waals surface area contributed by atoms with E-state index in [1.54, 1.807) is 0 Å². The van der Waals surface area contributed by atoms with Crippen LogP contribution in [0.25, 0.3) is 0 Å². The Morgan fingerprint density at radius 2 is 2.21 bits per heavy atom. The van der Waals surface area contributed by atoms with Crippen LogP contribution in [0.4, 0.5) is 0 Å². The third kappa shape index (κ3) is 2.41. The summed E-state index contributed by atoms with van der Waals surface area (Å²) >= 11 is 0. The van der Waals surface area contributed by atoms with Gasteiger partial charge in [-0.25, -0.2) is 0 Å². The van der Waals surface area contributed by atoms with Crippen molar-refractivity contribution in [1.29, 1.82) is 0 Å². The largest absolute Gasteiger partial charge is 0.377 e. The molecule has 0 amide bonds. The molecule has 106 valence electrons. The van der Waals surface area contributed by atoms with E-state index in [2.05, 4.69) is 30.2 Å². The summed E-state index contributed by atoms with van der Waals surface area (Å²) in [6.45, 7) is 4.43. The highest BCUT2D eigenvalue weighted by molar-refractivity contribution is 5.31. The molecule has 19 heavy (non-hydrogen) atoms. The maximum Gasteiger partial charge on any atom is 0.0832 e. The molecule has 0 fully saturated rings. The molecule has 0 radical (unpaired) electrons. The van der Waals surface area contributed by atoms with Gasteiger partial charge in [0.15, 0.2) is 0 Å². The Hall–Kier alpha value is -0.930. The first-order valence-corrected chi connectivity index (χ1v) is 7.38. The monoisotopic (exact) mass is 262 g/mol. The van der Waals surface area contributed by atoms with Gasteiger partial charge in [-0.05, 0) is 44.4 Å². The predicted molar refractivity (Wildman–Crippen MR) is 78.5 cm³/mol. The third-order valence-corrected chi connectivity index (χ3v) is 4.89. The van der Waals surface area contributed by atoms with E-state index in [0.29, 0.717) is 12.0 Å². The first-order valence-electron chi connectivity index (χ1n) is 7.38. The van der Waals surface area contributed by atoms with Gasteiger partial charge in [-0.2, -0.15) is 0 Å². The maximum absolute atomic E-state index is 5.93. The van der Waals surface area contributed by atoms with Crippen molar-refractivity contribution < 1.29 is 4.74 Å². The average Bonchev–Trinajstić information content (AvgIpc) is 2.89. The molecule has 0 saturated heterocycles. The van der Waals surface area contributed by atoms with E-state index in [9.17, 15) is 0 Å². The zero-order chi connectivity index (χ0) is 13.9. The first kappa shape index (κ1) is 14.5. The van der Waals surface area contributed by atoms with Crippen molar-refractivity contribution in [1.82, 2.24) is 10.3 Å². The first-order chi connectivity index (χ1) is 9.22. The topological polar surface area (TPSA) is 34.1 Å². The van der Waals surface area contributed by atoms with Gasteiger partial charge in [0.25, 0.3) is 0 Å². The molecular weight excluding hydrogens is 236 g/mol. The molecule has 1 aromatic rings. The SMILES string of the molecule is CCC(CC)(OC)C(NC)C1CCc2cccnc21. The van der Waals surface area contributed by atoms with Gasteiger partial charge in [0.1, 0.15) is 0 Å². The fourth-order valence-corrected chi connectivity index (χ4v) is 3.70. The summed E-state index contributed by atoms with van der Waals surface area (Å²) in [5.41, 5.74) is 2.58. The molecule has 2 rings (SSSR count). The molecule has 1 aromatic heterocycles. The Kier molecular flexibility index (Phi) is 4.58. The number of aryl methyl sites for hydroxylation is 1. The Balaban J connectivity index is 2.34. The second-order valence-electron chi connectivity index (χ2n) is 5.44. The quantitative estimate of drug-likeness (QED) is 0.856. The van der Waals surface area contributed by atoms with E-state index in [0.717, 1.165) is 19.3 Å². The highest BCUT2D eigenvalue weighted by Gasteiger charge is 2.43. The van der Waals surface area contributed by atoms with Crippen molar-refractivity contribution in [3.8, 4) is 0 Å². The molecule has 0 spiro atoms. The number of aromatic nitrogens is 1. The number of fused-ring (bicyclic) bond motifs is 1. The van der Waals surface area contributed by atoms with E-state index >= 15 is 0 Å². The van der Waals surface area contributed by atoms with Crippen LogP contribution in [0.1, 0.15) is 50.3 Å². The molecule has 0 saturated carbocycles. The Labute approximate surface area is 116 Å². The summed E-state index contributed by atoms with van der Waals surface area (Å²) in [4.78, 5) is 4.63. The van der Waals surface area contributed by atoms with Gasteiger partial charge in [-0.15, -0.1) is 0 Å². The number of likely N-dealkylation sites (N-methyl/N-ethyl adjacent to an activating group) is 1. The second-order valence-corrected chi connectivity index (χ2v) is 5.44. The minimum absolute atomic E-state index is 0.0987. The Morgan fingerprint density at radius 3 is 2.79 bits per heavy atom. The molecule has 1 aliphatic carbocycles. The highest BCUT2D eigenvalue weighted by atomic mass is 16.5. The van der Waals surface area contributed by atoms with Crippen molar-refractivity contribution in [2.45, 2.75) is 57.1 Å². The van der Waals surface area contributed by atoms with Gasteiger partial charge in [-0.1, -0.05) is 19.9 Å². The maximum atomic E-state index is 5.93. The second kappa shape index (κ2) is 6.02. The zero-order valence-electron chi connectivity index (χ0n) is 12.6. The fourth-order valence-electron chi connectivity index (χ4n) is 3.70. The average molecular weight is 262 g/mol. The number of ether oxygens (including phenoxy) is 1. The lowest BCUT2D eigenvalue weighted by molar-refractivity contribution is -0.0527. The minimum Gasteiger partial charge on any atom is -0.377 e. The van der Waals surface area contributed by atoms with Crippen molar-refractivity contribution >= 4 is 0 Å². The van der Waals surface area contributed by atoms with Crippen LogP contribution in [0.2, 0.25) is 0 Å². The number of hydrogen-bond donors (Lipinski definition) is 1. The molecule has 2 unspecified atom stereocenters. The van der Waals surface area contributed by atoms with Crippen molar-refractivity contribution in [3.05, 3.63) is 29.6 Å². The number of hydrogen-bond acceptors (Lipinski definition) is 3. The van der Waals surface area contributed by atoms with Crippen LogP contribution in [0.5, 0.6) is 0 Å². The van der Waals surface area contributed by atoms with Crippen molar-refractivity contribution in [2.75, 3.05) is 14.2 Å². The molecular formula is C16H26N2O. The summed E-state index contributed by atoms with van der Waals surface area (Å²) in [5.74, 6) is 0.459. The van der Waals surface area contributed by atoms with Gasteiger partial charge in [-0.3, -0.25) is 4.98 Å². The lowest BCUT2D eigenvalue weighted by Gasteiger charge is -2.41. The molecule has 1 aliphatic rings. The van der Waals surface area contributed by atoms with E-state index in [1.165, 1.54) is 17.7 Å². The van der Waals surface area contributed by atoms with Crippen LogP contribution in [0.15, 0.2) is 18.3 Å². The predicted octanol–water partition coefficient (Wildman–Crippen LogP) is 2.90. The van der Waals surface area contributed by atoms with Gasteiger partial charge in [0.2, 0.25) is 0 Å². The summed E-state index contributed by atoms with van der Waals surface area (Å²) in [6, 6.07) is 4.57. The van der Waals surface area contributed by atoms with E-state index in [4.69, 9.17) is 4.74 Å². The third-order valence-electron chi connectivity index (χ3n) is 4.89. The molecule has 2 atom stereocenters. The van der Waals surface area contributed by atoms with Crippen LogP contribution in [0, 0.1) is 0 Å². The summed E-state index contributed by atoms with van der Waals surface area (Å²) in [5, 5.41) is 3.51. The van der Waals surface area contributed by atoms with E-state index < -0.39 is 0 Å². The summed E-state index contributed by atoms with van der Waals surface area (Å²) in [6.07, 6.45) is 6.26. The molecule has 1 N–H and O–H groups in total. The molecule has 0 aliphatic heterocycles. The zero-order valence-corrected chi connectivity index (χ0v) is 12.6. The normalized spacial score (nSPS) is 20.3. The number of nitrogens with one attached hydrogen (secondary N) is 1. The number of pyridine rings is 1. The fraction of sp³-hybridized carbons (Fsp3) is 0.688. The standard InChI is InChI=1S/C16H26N2O/c1-5-16(6-2,19-4)15(17-3)13-10-9-12-8-7-11-18-14(12)13/h7-8,11,13,15,17H,5-6,9-10H2,1-4H3. The van der Waals surface area contributed by atoms with Crippen molar-refractivity contribution in [3.63, 3.8) is 0 Å². The summed E-state index contributed by atoms with van der Waals surface area (Å²) in [7, 11) is 3.89. The van der Waals surface area contributed by atoms with Crippen LogP contribution >= 0.6 is 0 Å². The highest BCUT2D eigenvalue weighted by Crippen LogP contribution is 2.40. The van der Waals surface area contributed by atoms with E-state index in [1.807, 2.05) is 26.4 Å². The molecule has 0 aromatic carbocycles. The molecule has 1 heterocycles. The smallest absolute Gasteiger partial charge is 0.0832 e. The van der Waals surface area contributed by atoms with Crippen LogP contribution in [-0.2, 0) is 11.2 Å². The minimum atomic E-state index is -0.0987. The lowest BCUT2D eigenvalue weighted by Crippen LogP contribution is -2.53. The lowest BCUT2D eigenvalue weighted by atomic mass is 9.79. The molecule has 3 nitrogen and oxygen atoms in total. The number of rotatable bonds is 6. The number of nitrogens with zero attached hydrogens (tertiary/aromatic N) is 1. The van der Waals surface area contributed by atoms with Gasteiger partial charge in [0, 0.05) is 31.0 Å². The molecule has 0 bridgehead atoms. The Bertz CT molecular complexity index is 407. The van der Waals surface area contributed by atoms with Gasteiger partial charge in [0.05, 0.1) is 5.60 Å². The molecule has 3 heteroatoms. The van der Waals surface area contributed by atoms with Crippen LogP contribution in [-0.4, -0.2) is 30.8 Å². The van der Waals surface area contributed by atoms with Gasteiger partial charge >= 0.3 is 0 Å². The summed E-state index contributed by atoms with van der Waals surface area (Å²) < 4.78 is 5.93. The van der Waals surface area contributed by atoms with Crippen LogP contribution < -0.4 is 5.32 Å². The number of methoxy groups -OCH3 is 1. The Morgan fingerprint density at radius 1 is 1.47 bits per heavy atom. The van der Waals surface area contributed by atoms with E-state index in [-0.39, 0.29) is 5.60 Å². The van der Waals surface area contributed by atoms with Crippen molar-refractivity contribution in [2.24, 2.45) is 0 Å². The van der Waals surface area contributed by atoms with Gasteiger partial charge < -0.3 is 10.1 Å². The van der Waals surface area contributed by atoms with Crippen LogP contribution in [0.3, 0.4) is 0 Å².